The Balaban J connectivity index is 1.71. The Hall–Kier alpha value is -0.860. The second kappa shape index (κ2) is 5.65. The van der Waals surface area contributed by atoms with Gasteiger partial charge in [-0.3, -0.25) is 0 Å². The molecule has 0 spiro atoms. The number of aryl methyl sites for hydroxylation is 1. The van der Waals surface area contributed by atoms with Crippen molar-refractivity contribution in [1.29, 1.82) is 0 Å². The summed E-state index contributed by atoms with van der Waals surface area (Å²) in [6.07, 6.45) is 4.72. The fraction of sp³-hybridized carbons (Fsp3) is 0.600. The van der Waals surface area contributed by atoms with Crippen molar-refractivity contribution in [3.05, 3.63) is 35.4 Å². The van der Waals surface area contributed by atoms with E-state index in [1.54, 1.807) is 0 Å². The van der Waals surface area contributed by atoms with Crippen molar-refractivity contribution < 1.29 is 5.11 Å². The summed E-state index contributed by atoms with van der Waals surface area (Å²) in [6.45, 7) is 4.48. The second-order valence-electron chi connectivity index (χ2n) is 5.36. The molecule has 0 radical (unpaired) electrons. The molecule has 0 unspecified atom stereocenters. The molecule has 1 aromatic rings. The van der Waals surface area contributed by atoms with Crippen molar-refractivity contribution >= 4 is 0 Å². The van der Waals surface area contributed by atoms with E-state index in [0.29, 0.717) is 6.61 Å². The maximum atomic E-state index is 9.36. The van der Waals surface area contributed by atoms with Crippen LogP contribution < -0.4 is 5.32 Å². The molecular weight excluding hydrogens is 210 g/mol. The Kier molecular flexibility index (Phi) is 4.19. The molecule has 2 N–H and O–H groups in total. The maximum Gasteiger partial charge on any atom is 0.0499 e. The van der Waals surface area contributed by atoms with Crippen LogP contribution in [-0.2, 0) is 6.42 Å². The molecule has 1 aromatic carbocycles. The Bertz CT molecular complexity index is 352. The largest absolute Gasteiger partial charge is 0.396 e. The van der Waals surface area contributed by atoms with Gasteiger partial charge >= 0.3 is 0 Å². The van der Waals surface area contributed by atoms with Crippen molar-refractivity contribution in [2.24, 2.45) is 5.41 Å². The van der Waals surface area contributed by atoms with Crippen LogP contribution in [0.3, 0.4) is 0 Å². The average Bonchev–Trinajstić information content (AvgIpc) is 2.29. The number of rotatable bonds is 6. The molecule has 0 amide bonds. The summed E-state index contributed by atoms with van der Waals surface area (Å²) in [4.78, 5) is 0. The molecule has 0 heterocycles. The van der Waals surface area contributed by atoms with E-state index in [9.17, 15) is 5.11 Å². The van der Waals surface area contributed by atoms with E-state index in [4.69, 9.17) is 0 Å². The van der Waals surface area contributed by atoms with Gasteiger partial charge in [-0.25, -0.2) is 0 Å². The normalized spacial score (nSPS) is 17.8. The zero-order valence-electron chi connectivity index (χ0n) is 10.7. The van der Waals surface area contributed by atoms with E-state index in [0.717, 1.165) is 19.5 Å². The third-order valence-electron chi connectivity index (χ3n) is 4.08. The van der Waals surface area contributed by atoms with Crippen molar-refractivity contribution in [2.75, 3.05) is 19.7 Å². The molecule has 0 aliphatic heterocycles. The zero-order valence-corrected chi connectivity index (χ0v) is 10.7. The Morgan fingerprint density at radius 3 is 2.65 bits per heavy atom. The highest BCUT2D eigenvalue weighted by Gasteiger charge is 2.35. The number of hydrogen-bond donors (Lipinski definition) is 2. The van der Waals surface area contributed by atoms with Gasteiger partial charge in [0, 0.05) is 18.6 Å². The van der Waals surface area contributed by atoms with Crippen LogP contribution in [-0.4, -0.2) is 24.8 Å². The van der Waals surface area contributed by atoms with Crippen LogP contribution in [0.4, 0.5) is 0 Å². The second-order valence-corrected chi connectivity index (χ2v) is 5.36. The number of nitrogens with one attached hydrogen (secondary N) is 1. The van der Waals surface area contributed by atoms with Crippen LogP contribution in [0.2, 0.25) is 0 Å². The molecule has 17 heavy (non-hydrogen) atoms. The molecule has 2 heteroatoms. The summed E-state index contributed by atoms with van der Waals surface area (Å²) in [6, 6.07) is 8.55. The predicted molar refractivity (Wildman–Crippen MR) is 71.1 cm³/mol. The molecule has 2 rings (SSSR count). The van der Waals surface area contributed by atoms with E-state index in [-0.39, 0.29) is 5.41 Å². The van der Waals surface area contributed by atoms with Gasteiger partial charge in [0.2, 0.25) is 0 Å². The molecule has 0 bridgehead atoms. The van der Waals surface area contributed by atoms with Crippen LogP contribution >= 0.6 is 0 Å². The van der Waals surface area contributed by atoms with Gasteiger partial charge in [-0.15, -0.1) is 0 Å². The predicted octanol–water partition coefficient (Wildman–Crippen LogP) is 2.29. The molecule has 0 aromatic heterocycles. The molecule has 94 valence electrons. The van der Waals surface area contributed by atoms with E-state index < -0.39 is 0 Å². The lowest BCUT2D eigenvalue weighted by Crippen LogP contribution is -2.43. The first-order valence-electron chi connectivity index (χ1n) is 6.62. The molecule has 0 saturated heterocycles. The molecule has 1 aliphatic carbocycles. The lowest BCUT2D eigenvalue weighted by Gasteiger charge is -2.40. The summed E-state index contributed by atoms with van der Waals surface area (Å²) >= 11 is 0. The minimum Gasteiger partial charge on any atom is -0.396 e. The lowest BCUT2D eigenvalue weighted by atomic mass is 9.69. The molecule has 1 fully saturated rings. The molecule has 1 saturated carbocycles. The first-order chi connectivity index (χ1) is 8.26. The van der Waals surface area contributed by atoms with E-state index >= 15 is 0 Å². The number of aliphatic hydroxyl groups excluding tert-OH is 1. The van der Waals surface area contributed by atoms with Gasteiger partial charge in [-0.1, -0.05) is 30.7 Å². The summed E-state index contributed by atoms with van der Waals surface area (Å²) in [7, 11) is 0. The Morgan fingerprint density at radius 1 is 1.29 bits per heavy atom. The van der Waals surface area contributed by atoms with Crippen LogP contribution in [0.25, 0.3) is 0 Å². The van der Waals surface area contributed by atoms with Crippen molar-refractivity contribution in [2.45, 2.75) is 32.6 Å². The van der Waals surface area contributed by atoms with Gasteiger partial charge in [-0.05, 0) is 43.9 Å². The quantitative estimate of drug-likeness (QED) is 0.739. The fourth-order valence-electron chi connectivity index (χ4n) is 2.53. The molecule has 0 atom stereocenters. The maximum absolute atomic E-state index is 9.36. The monoisotopic (exact) mass is 233 g/mol. The standard InChI is InChI=1S/C15H23NO/c1-13-5-2-3-6-14(13)7-10-16-11-15(12-17)8-4-9-15/h2-3,5-6,16-17H,4,7-12H2,1H3. The number of hydrogen-bond acceptors (Lipinski definition) is 2. The highest BCUT2D eigenvalue weighted by Crippen LogP contribution is 2.39. The summed E-state index contributed by atoms with van der Waals surface area (Å²) in [5.74, 6) is 0. The van der Waals surface area contributed by atoms with E-state index in [1.165, 1.54) is 30.4 Å². The first kappa shape index (κ1) is 12.6. The minimum absolute atomic E-state index is 0.200. The first-order valence-corrected chi connectivity index (χ1v) is 6.62. The van der Waals surface area contributed by atoms with E-state index in [1.807, 2.05) is 0 Å². The fourth-order valence-corrected chi connectivity index (χ4v) is 2.53. The van der Waals surface area contributed by atoms with Crippen LogP contribution in [0.5, 0.6) is 0 Å². The highest BCUT2D eigenvalue weighted by molar-refractivity contribution is 5.25. The van der Waals surface area contributed by atoms with Crippen LogP contribution in [0.15, 0.2) is 24.3 Å². The van der Waals surface area contributed by atoms with Gasteiger partial charge in [-0.2, -0.15) is 0 Å². The number of benzene rings is 1. The van der Waals surface area contributed by atoms with Crippen molar-refractivity contribution in [3.63, 3.8) is 0 Å². The minimum atomic E-state index is 0.200. The van der Waals surface area contributed by atoms with Crippen molar-refractivity contribution in [3.8, 4) is 0 Å². The summed E-state index contributed by atoms with van der Waals surface area (Å²) in [5.41, 5.74) is 2.99. The third kappa shape index (κ3) is 3.08. The summed E-state index contributed by atoms with van der Waals surface area (Å²) < 4.78 is 0. The lowest BCUT2D eigenvalue weighted by molar-refractivity contribution is 0.0451. The van der Waals surface area contributed by atoms with Gasteiger partial charge in [0.1, 0.15) is 0 Å². The molecule has 1 aliphatic rings. The van der Waals surface area contributed by atoms with Gasteiger partial charge in [0.25, 0.3) is 0 Å². The van der Waals surface area contributed by atoms with Crippen molar-refractivity contribution in [1.82, 2.24) is 5.32 Å². The average molecular weight is 233 g/mol. The Morgan fingerprint density at radius 2 is 2.06 bits per heavy atom. The topological polar surface area (TPSA) is 32.3 Å². The zero-order chi connectivity index (χ0) is 12.1. The third-order valence-corrected chi connectivity index (χ3v) is 4.08. The van der Waals surface area contributed by atoms with Gasteiger partial charge in [0.15, 0.2) is 0 Å². The Labute approximate surface area is 104 Å². The SMILES string of the molecule is Cc1ccccc1CCNCC1(CO)CCC1. The number of aliphatic hydroxyl groups is 1. The van der Waals surface area contributed by atoms with E-state index in [2.05, 4.69) is 36.5 Å². The highest BCUT2D eigenvalue weighted by atomic mass is 16.3. The van der Waals surface area contributed by atoms with Gasteiger partial charge in [0.05, 0.1) is 0 Å². The summed E-state index contributed by atoms with van der Waals surface area (Å²) in [5, 5.41) is 12.9. The molecular formula is C15H23NO. The molecule has 2 nitrogen and oxygen atoms in total. The smallest absolute Gasteiger partial charge is 0.0499 e. The van der Waals surface area contributed by atoms with Crippen LogP contribution in [0, 0.1) is 12.3 Å². The van der Waals surface area contributed by atoms with Crippen LogP contribution in [0.1, 0.15) is 30.4 Å². The van der Waals surface area contributed by atoms with Gasteiger partial charge < -0.3 is 10.4 Å².